The minimum Gasteiger partial charge on any atom is -0.303 e. The first-order valence-corrected chi connectivity index (χ1v) is 7.05. The number of nitrogens with zero attached hydrogens (tertiary/aromatic N) is 2. The predicted octanol–water partition coefficient (Wildman–Crippen LogP) is 2.82. The summed E-state index contributed by atoms with van der Waals surface area (Å²) in [4.78, 5) is 4.95. The van der Waals surface area contributed by atoms with Crippen molar-refractivity contribution in [3.8, 4) is 0 Å². The van der Waals surface area contributed by atoms with Gasteiger partial charge in [0.05, 0.1) is 4.55 Å². The highest BCUT2D eigenvalue weighted by Gasteiger charge is 2.11. The van der Waals surface area contributed by atoms with E-state index < -0.39 is 0 Å². The molecule has 0 bridgehead atoms. The molecule has 0 saturated carbocycles. The zero-order chi connectivity index (χ0) is 11.1. The van der Waals surface area contributed by atoms with Crippen LogP contribution in [-0.2, 0) is 0 Å². The third-order valence-corrected chi connectivity index (χ3v) is 3.87. The van der Waals surface area contributed by atoms with Gasteiger partial charge in [-0.2, -0.15) is 0 Å². The third kappa shape index (κ3) is 5.51. The van der Waals surface area contributed by atoms with Gasteiger partial charge in [-0.25, -0.2) is 0 Å². The number of hydrogen-bond donors (Lipinski definition) is 0. The molecule has 0 heterocycles. The molecule has 0 amide bonds. The van der Waals surface area contributed by atoms with Crippen molar-refractivity contribution in [2.45, 2.75) is 46.2 Å². The molecule has 2 nitrogen and oxygen atoms in total. The van der Waals surface area contributed by atoms with E-state index in [0.717, 1.165) is 4.55 Å². The molecular weight excluding hydrogens is 287 g/mol. The van der Waals surface area contributed by atoms with Crippen molar-refractivity contribution in [3.63, 3.8) is 0 Å². The van der Waals surface area contributed by atoms with Crippen molar-refractivity contribution in [2.24, 2.45) is 0 Å². The number of likely N-dealkylation sites (N-methyl/N-ethyl adjacent to an activating group) is 1. The summed E-state index contributed by atoms with van der Waals surface area (Å²) in [6.45, 7) is 11.4. The number of halogens is 1. The van der Waals surface area contributed by atoms with Crippen LogP contribution in [-0.4, -0.2) is 46.6 Å². The van der Waals surface area contributed by atoms with E-state index in [0.29, 0.717) is 12.1 Å². The fourth-order valence-corrected chi connectivity index (χ4v) is 2.21. The van der Waals surface area contributed by atoms with Gasteiger partial charge in [-0.15, -0.1) is 0 Å². The Hall–Kier alpha value is 0.650. The lowest BCUT2D eigenvalue weighted by molar-refractivity contribution is 0.189. The molecule has 0 unspecified atom stereocenters. The summed E-state index contributed by atoms with van der Waals surface area (Å²) in [5.41, 5.74) is 0. The quantitative estimate of drug-likeness (QED) is 0.405. The van der Waals surface area contributed by atoms with Gasteiger partial charge < -0.3 is 4.90 Å². The molecule has 0 rings (SSSR count). The Labute approximate surface area is 103 Å². The van der Waals surface area contributed by atoms with E-state index in [1.54, 1.807) is 0 Å². The van der Waals surface area contributed by atoms with E-state index >= 15 is 0 Å². The SMILES string of the molecule is CC[C@@H](C)N(CI)CCN(C)C(C)C. The van der Waals surface area contributed by atoms with Crippen LogP contribution >= 0.6 is 22.6 Å². The number of rotatable bonds is 7. The van der Waals surface area contributed by atoms with Crippen molar-refractivity contribution in [2.75, 3.05) is 24.7 Å². The zero-order valence-corrected chi connectivity index (χ0v) is 12.4. The number of alkyl halides is 1. The van der Waals surface area contributed by atoms with E-state index in [-0.39, 0.29) is 0 Å². The fraction of sp³-hybridized carbons (Fsp3) is 1.00. The first-order valence-electron chi connectivity index (χ1n) is 5.53. The van der Waals surface area contributed by atoms with Gasteiger partial charge in [-0.1, -0.05) is 29.5 Å². The lowest BCUT2D eigenvalue weighted by atomic mass is 10.2. The van der Waals surface area contributed by atoms with Gasteiger partial charge in [0.1, 0.15) is 0 Å². The highest BCUT2D eigenvalue weighted by Crippen LogP contribution is 2.06. The predicted molar refractivity (Wildman–Crippen MR) is 73.1 cm³/mol. The summed E-state index contributed by atoms with van der Waals surface area (Å²) < 4.78 is 1.14. The number of hydrogen-bond acceptors (Lipinski definition) is 2. The Morgan fingerprint density at radius 1 is 1.14 bits per heavy atom. The lowest BCUT2D eigenvalue weighted by Crippen LogP contribution is -2.39. The molecule has 14 heavy (non-hydrogen) atoms. The third-order valence-electron chi connectivity index (χ3n) is 2.99. The molecule has 0 fully saturated rings. The second-order valence-electron chi connectivity index (χ2n) is 4.26. The van der Waals surface area contributed by atoms with Crippen LogP contribution in [0, 0.1) is 0 Å². The summed E-state index contributed by atoms with van der Waals surface area (Å²) in [6.07, 6.45) is 1.24. The molecule has 0 radical (unpaired) electrons. The lowest BCUT2D eigenvalue weighted by Gasteiger charge is -2.29. The van der Waals surface area contributed by atoms with Gasteiger partial charge in [0, 0.05) is 25.2 Å². The van der Waals surface area contributed by atoms with Crippen LogP contribution in [0.1, 0.15) is 34.1 Å². The Kier molecular flexibility index (Phi) is 8.25. The molecule has 0 saturated heterocycles. The van der Waals surface area contributed by atoms with Gasteiger partial charge in [0.2, 0.25) is 0 Å². The van der Waals surface area contributed by atoms with Crippen LogP contribution < -0.4 is 0 Å². The molecule has 0 aromatic rings. The maximum atomic E-state index is 2.54. The van der Waals surface area contributed by atoms with Gasteiger partial charge in [-0.3, -0.25) is 4.90 Å². The molecule has 0 aromatic heterocycles. The molecule has 0 spiro atoms. The Bertz CT molecular complexity index is 139. The molecule has 0 aromatic carbocycles. The molecule has 3 heteroatoms. The minimum atomic E-state index is 0.656. The highest BCUT2D eigenvalue weighted by molar-refractivity contribution is 14.1. The summed E-state index contributed by atoms with van der Waals surface area (Å²) in [5, 5.41) is 0. The van der Waals surface area contributed by atoms with Crippen LogP contribution in [0.3, 0.4) is 0 Å². The molecule has 0 aliphatic carbocycles. The molecule has 1 atom stereocenters. The van der Waals surface area contributed by atoms with Gasteiger partial charge in [-0.05, 0) is 34.2 Å². The highest BCUT2D eigenvalue weighted by atomic mass is 127. The Balaban J connectivity index is 3.83. The summed E-state index contributed by atoms with van der Waals surface area (Å²) in [6, 6.07) is 1.37. The van der Waals surface area contributed by atoms with E-state index in [9.17, 15) is 0 Å². The van der Waals surface area contributed by atoms with Crippen molar-refractivity contribution >= 4 is 22.6 Å². The first kappa shape index (κ1) is 14.6. The van der Waals surface area contributed by atoms with E-state index in [4.69, 9.17) is 0 Å². The fourth-order valence-electron chi connectivity index (χ4n) is 1.20. The first-order chi connectivity index (χ1) is 6.52. The molecular formula is C11H25IN2. The Morgan fingerprint density at radius 3 is 2.07 bits per heavy atom. The van der Waals surface area contributed by atoms with Crippen LogP contribution in [0.25, 0.3) is 0 Å². The van der Waals surface area contributed by atoms with Gasteiger partial charge in [0.25, 0.3) is 0 Å². The van der Waals surface area contributed by atoms with Crippen LogP contribution in [0.15, 0.2) is 0 Å². The maximum absolute atomic E-state index is 2.54. The van der Waals surface area contributed by atoms with Crippen molar-refractivity contribution < 1.29 is 0 Å². The standard InChI is InChI=1S/C11H25IN2/c1-6-11(4)14(9-12)8-7-13(5)10(2)3/h10-11H,6-9H2,1-5H3/t11-/m1/s1. The van der Waals surface area contributed by atoms with Crippen LogP contribution in [0.2, 0.25) is 0 Å². The topological polar surface area (TPSA) is 6.48 Å². The summed E-state index contributed by atoms with van der Waals surface area (Å²) in [7, 11) is 2.20. The summed E-state index contributed by atoms with van der Waals surface area (Å²) in [5.74, 6) is 0. The zero-order valence-electron chi connectivity index (χ0n) is 10.3. The minimum absolute atomic E-state index is 0.656. The van der Waals surface area contributed by atoms with Crippen LogP contribution in [0.5, 0.6) is 0 Å². The molecule has 0 N–H and O–H groups in total. The monoisotopic (exact) mass is 312 g/mol. The van der Waals surface area contributed by atoms with E-state index in [1.807, 2.05) is 0 Å². The molecule has 0 aliphatic heterocycles. The van der Waals surface area contributed by atoms with Crippen molar-refractivity contribution in [3.05, 3.63) is 0 Å². The largest absolute Gasteiger partial charge is 0.303 e. The second-order valence-corrected chi connectivity index (χ2v) is 4.95. The van der Waals surface area contributed by atoms with Crippen LogP contribution in [0.4, 0.5) is 0 Å². The van der Waals surface area contributed by atoms with Crippen molar-refractivity contribution in [1.29, 1.82) is 0 Å². The normalized spacial score (nSPS) is 14.4. The van der Waals surface area contributed by atoms with E-state index in [1.165, 1.54) is 19.5 Å². The maximum Gasteiger partial charge on any atom is 0.0508 e. The van der Waals surface area contributed by atoms with Crippen molar-refractivity contribution in [1.82, 2.24) is 9.80 Å². The second kappa shape index (κ2) is 7.88. The average Bonchev–Trinajstić information content (AvgIpc) is 2.17. The average molecular weight is 312 g/mol. The molecule has 86 valence electrons. The molecule has 0 aliphatic rings. The smallest absolute Gasteiger partial charge is 0.0508 e. The van der Waals surface area contributed by atoms with E-state index in [2.05, 4.69) is 67.1 Å². The Morgan fingerprint density at radius 2 is 1.71 bits per heavy atom. The summed E-state index contributed by atoms with van der Waals surface area (Å²) >= 11 is 2.46. The van der Waals surface area contributed by atoms with Gasteiger partial charge in [0.15, 0.2) is 0 Å². The van der Waals surface area contributed by atoms with Gasteiger partial charge >= 0.3 is 0 Å².